The fourth-order valence-electron chi connectivity index (χ4n) is 2.27. The molecule has 0 unspecified atom stereocenters. The number of carbonyl (C=O) groups excluding carboxylic acids is 3. The zero-order valence-corrected chi connectivity index (χ0v) is 12.1. The van der Waals surface area contributed by atoms with Crippen molar-refractivity contribution in [3.8, 4) is 0 Å². The van der Waals surface area contributed by atoms with Gasteiger partial charge in [0.1, 0.15) is 5.57 Å². The summed E-state index contributed by atoms with van der Waals surface area (Å²) in [7, 11) is 0. The van der Waals surface area contributed by atoms with Crippen molar-refractivity contribution in [3.05, 3.63) is 23.0 Å². The molecule has 2 aliphatic rings. The van der Waals surface area contributed by atoms with Gasteiger partial charge in [-0.2, -0.15) is 22.8 Å². The van der Waals surface area contributed by atoms with E-state index in [1.807, 2.05) is 0 Å². The van der Waals surface area contributed by atoms with Gasteiger partial charge in [0, 0.05) is 0 Å². The van der Waals surface area contributed by atoms with Crippen molar-refractivity contribution < 1.29 is 37.3 Å². The zero-order valence-electron chi connectivity index (χ0n) is 12.1. The van der Waals surface area contributed by atoms with Crippen LogP contribution in [0.5, 0.6) is 0 Å². The molecule has 10 heteroatoms. The summed E-state index contributed by atoms with van der Waals surface area (Å²) in [5.41, 5.74) is -2.33. The van der Waals surface area contributed by atoms with Crippen LogP contribution in [0.4, 0.5) is 13.2 Å². The Kier molecular flexibility index (Phi) is 4.12. The van der Waals surface area contributed by atoms with E-state index in [1.54, 1.807) is 0 Å². The Morgan fingerprint density at radius 2 is 2.00 bits per heavy atom. The number of hydrogen-bond donors (Lipinski definition) is 1. The summed E-state index contributed by atoms with van der Waals surface area (Å²) < 4.78 is 40.7. The molecular formula is C13H12F3N3O4+. The molecule has 0 atom stereocenters. The van der Waals surface area contributed by atoms with Gasteiger partial charge in [-0.15, -0.1) is 0 Å². The van der Waals surface area contributed by atoms with Crippen LogP contribution in [-0.2, 0) is 14.4 Å². The van der Waals surface area contributed by atoms with Gasteiger partial charge >= 0.3 is 24.4 Å². The molecule has 7 nitrogen and oxygen atoms in total. The van der Waals surface area contributed by atoms with E-state index in [0.29, 0.717) is 6.08 Å². The summed E-state index contributed by atoms with van der Waals surface area (Å²) >= 11 is 0. The van der Waals surface area contributed by atoms with E-state index >= 15 is 0 Å². The zero-order chi connectivity index (χ0) is 17.5. The highest BCUT2D eigenvalue weighted by Gasteiger charge is 2.47. The number of halogens is 3. The molecule has 0 aromatic carbocycles. The van der Waals surface area contributed by atoms with Crippen LogP contribution in [0.1, 0.15) is 20.3 Å². The van der Waals surface area contributed by atoms with Crippen LogP contribution < -0.4 is 5.32 Å². The maximum Gasteiger partial charge on any atom is 0.422 e. The molecule has 0 spiro atoms. The van der Waals surface area contributed by atoms with Gasteiger partial charge in [0.25, 0.3) is 0 Å². The second-order valence-electron chi connectivity index (χ2n) is 5.15. The molecule has 1 radical (unpaired) electrons. The minimum atomic E-state index is -4.82. The van der Waals surface area contributed by atoms with E-state index in [-0.39, 0.29) is 17.2 Å². The highest BCUT2D eigenvalue weighted by molar-refractivity contribution is 6.36. The van der Waals surface area contributed by atoms with E-state index in [0.717, 1.165) is 4.58 Å². The standard InChI is InChI=1S/C13H12F3N3O4/c1-6(2)18(5-20)9-4-8-10(3-7(9)13(14,15)16)19(23)12(22)11(21)17-8/h3,5-6,23H,4H2,1-2H3/q+1. The summed E-state index contributed by atoms with van der Waals surface area (Å²) in [5, 5.41) is 12.8. The minimum absolute atomic E-state index is 0.159. The molecule has 3 amide bonds. The molecule has 0 bridgehead atoms. The van der Waals surface area contributed by atoms with Crippen LogP contribution in [0, 0.1) is 0 Å². The first-order valence-electron chi connectivity index (χ1n) is 6.48. The Morgan fingerprint density at radius 1 is 1.39 bits per heavy atom. The first-order chi connectivity index (χ1) is 10.6. The van der Waals surface area contributed by atoms with Crippen molar-refractivity contribution >= 4 is 23.9 Å². The smallest absolute Gasteiger partial charge is 0.280 e. The van der Waals surface area contributed by atoms with Crippen molar-refractivity contribution in [2.24, 2.45) is 0 Å². The number of nitrogens with zero attached hydrogens (tertiary/aromatic N) is 3. The third-order valence-corrected chi connectivity index (χ3v) is 3.35. The number of carbonyl (C=O) groups is 3. The average Bonchev–Trinajstić information content (AvgIpc) is 2.43. The Hall–Kier alpha value is -2.49. The lowest BCUT2D eigenvalue weighted by atomic mass is 9.95. The Morgan fingerprint density at radius 3 is 2.48 bits per heavy atom. The fourth-order valence-corrected chi connectivity index (χ4v) is 2.27. The molecule has 0 aromatic rings. The van der Waals surface area contributed by atoms with Crippen LogP contribution in [0.15, 0.2) is 23.0 Å². The number of alkyl halides is 3. The topological polar surface area (TPSA) is 91.8 Å². The third-order valence-electron chi connectivity index (χ3n) is 3.35. The van der Waals surface area contributed by atoms with E-state index in [2.05, 4.69) is 5.32 Å². The molecule has 0 saturated carbocycles. The lowest BCUT2D eigenvalue weighted by Crippen LogP contribution is -2.46. The van der Waals surface area contributed by atoms with Crippen LogP contribution in [0.3, 0.4) is 0 Å². The van der Waals surface area contributed by atoms with Crippen molar-refractivity contribution in [2.75, 3.05) is 0 Å². The summed E-state index contributed by atoms with van der Waals surface area (Å²) in [4.78, 5) is 33.8. The van der Waals surface area contributed by atoms with Crippen molar-refractivity contribution in [2.45, 2.75) is 32.5 Å². The highest BCUT2D eigenvalue weighted by Crippen LogP contribution is 2.35. The van der Waals surface area contributed by atoms with Gasteiger partial charge < -0.3 is 0 Å². The molecular weight excluding hydrogens is 319 g/mol. The molecule has 0 saturated heterocycles. The van der Waals surface area contributed by atoms with E-state index in [4.69, 9.17) is 0 Å². The quantitative estimate of drug-likeness (QED) is 0.345. The Bertz CT molecular complexity index is 689. The summed E-state index contributed by atoms with van der Waals surface area (Å²) in [6.07, 6.45) is -4.60. The molecule has 23 heavy (non-hydrogen) atoms. The second kappa shape index (κ2) is 5.61. The van der Waals surface area contributed by atoms with Gasteiger partial charge in [-0.25, -0.2) is 10.1 Å². The molecule has 1 N–H and O–H groups in total. The lowest BCUT2D eigenvalue weighted by molar-refractivity contribution is -0.466. The maximum atomic E-state index is 13.3. The highest BCUT2D eigenvalue weighted by atomic mass is 19.4. The van der Waals surface area contributed by atoms with E-state index in [1.165, 1.54) is 13.8 Å². The number of rotatable bonds is 2. The van der Waals surface area contributed by atoms with Crippen LogP contribution >= 0.6 is 0 Å². The van der Waals surface area contributed by atoms with Gasteiger partial charge in [-0.05, 0) is 19.9 Å². The van der Waals surface area contributed by atoms with Gasteiger partial charge in [0.05, 0.1) is 17.8 Å². The molecule has 1 aliphatic heterocycles. The maximum absolute atomic E-state index is 13.3. The number of amides is 3. The van der Waals surface area contributed by atoms with E-state index < -0.39 is 47.4 Å². The monoisotopic (exact) mass is 331 g/mol. The van der Waals surface area contributed by atoms with Gasteiger partial charge in [0.15, 0.2) is 6.04 Å². The predicted molar refractivity (Wildman–Crippen MR) is 68.0 cm³/mol. The Balaban J connectivity index is 2.68. The molecule has 0 aromatic heterocycles. The number of hydrogen-bond acceptors (Lipinski definition) is 4. The fraction of sp³-hybridized carbons (Fsp3) is 0.385. The average molecular weight is 331 g/mol. The minimum Gasteiger partial charge on any atom is -0.280 e. The normalized spacial score (nSPS) is 21.2. The Labute approximate surface area is 128 Å². The van der Waals surface area contributed by atoms with Crippen LogP contribution in [-0.4, -0.2) is 51.0 Å². The largest absolute Gasteiger partial charge is 0.422 e. The predicted octanol–water partition coefficient (Wildman–Crippen LogP) is 0.471. The second-order valence-corrected chi connectivity index (χ2v) is 5.15. The molecule has 2 rings (SSSR count). The third kappa shape index (κ3) is 2.89. The van der Waals surface area contributed by atoms with Gasteiger partial charge in [-0.3, -0.25) is 14.8 Å². The van der Waals surface area contributed by atoms with Crippen molar-refractivity contribution in [1.82, 2.24) is 10.4 Å². The summed E-state index contributed by atoms with van der Waals surface area (Å²) in [5.74, 6) is -2.74. The molecule has 0 fully saturated rings. The van der Waals surface area contributed by atoms with Crippen molar-refractivity contribution in [1.29, 1.82) is 0 Å². The van der Waals surface area contributed by atoms with Gasteiger partial charge in [-0.1, -0.05) is 0 Å². The van der Waals surface area contributed by atoms with E-state index in [9.17, 15) is 32.8 Å². The molecule has 1 aliphatic carbocycles. The molecule has 123 valence electrons. The summed E-state index contributed by atoms with van der Waals surface area (Å²) in [6, 6.07) is -0.568. The summed E-state index contributed by atoms with van der Waals surface area (Å²) in [6.45, 7) is 3.04. The van der Waals surface area contributed by atoms with Gasteiger partial charge in [0.2, 0.25) is 5.71 Å². The van der Waals surface area contributed by atoms with Crippen LogP contribution in [0.2, 0.25) is 0 Å². The SMILES string of the molecule is CC(C)[N+](C=O)=C1CC2=C(C=C1C(F)(F)F)N(O)C(=O)C(=O)[N]2. The van der Waals surface area contributed by atoms with Crippen LogP contribution in [0.25, 0.3) is 0 Å². The van der Waals surface area contributed by atoms with Crippen molar-refractivity contribution in [3.63, 3.8) is 0 Å². The first kappa shape index (κ1) is 16.9. The number of hydroxylamine groups is 2. The first-order valence-corrected chi connectivity index (χ1v) is 6.48. The lowest BCUT2D eigenvalue weighted by Gasteiger charge is -2.27. The molecule has 1 heterocycles. The number of allylic oxidation sites excluding steroid dienone is 3.